The van der Waals surface area contributed by atoms with Crippen molar-refractivity contribution < 1.29 is 9.53 Å². The molecule has 7 heteroatoms. The van der Waals surface area contributed by atoms with Gasteiger partial charge in [0.2, 0.25) is 0 Å². The van der Waals surface area contributed by atoms with Gasteiger partial charge in [-0.2, -0.15) is 0 Å². The number of methoxy groups -OCH3 is 1. The second kappa shape index (κ2) is 6.78. The molecule has 0 aliphatic rings. The minimum absolute atomic E-state index is 0.333. The molecule has 2 amide bonds. The first kappa shape index (κ1) is 15.6. The lowest BCUT2D eigenvalue weighted by atomic mass is 10.3. The lowest BCUT2D eigenvalue weighted by Gasteiger charge is -2.12. The highest BCUT2D eigenvalue weighted by Gasteiger charge is 2.11. The Hall–Kier alpha value is -1.79. The second-order valence-electron chi connectivity index (χ2n) is 4.36. The molecular formula is C14H16ClN3O2S. The van der Waals surface area contributed by atoms with E-state index in [0.29, 0.717) is 23.0 Å². The molecule has 5 nitrogen and oxygen atoms in total. The van der Waals surface area contributed by atoms with Gasteiger partial charge in [0.25, 0.3) is 0 Å². The largest absolute Gasteiger partial charge is 0.493 e. The monoisotopic (exact) mass is 325 g/mol. The molecule has 112 valence electrons. The van der Waals surface area contributed by atoms with Crippen molar-refractivity contribution in [2.24, 2.45) is 0 Å². The molecule has 0 aliphatic heterocycles. The Morgan fingerprint density at radius 1 is 1.43 bits per heavy atom. The van der Waals surface area contributed by atoms with Crippen molar-refractivity contribution in [2.45, 2.75) is 20.4 Å². The van der Waals surface area contributed by atoms with Gasteiger partial charge in [-0.05, 0) is 26.0 Å². The molecule has 2 aromatic rings. The zero-order chi connectivity index (χ0) is 15.4. The molecule has 21 heavy (non-hydrogen) atoms. The molecule has 0 unspecified atom stereocenters. The molecule has 0 spiro atoms. The van der Waals surface area contributed by atoms with E-state index in [2.05, 4.69) is 15.6 Å². The Kier molecular flexibility index (Phi) is 5.03. The lowest BCUT2D eigenvalue weighted by Crippen LogP contribution is -2.28. The van der Waals surface area contributed by atoms with Crippen LogP contribution in [0.2, 0.25) is 5.02 Å². The van der Waals surface area contributed by atoms with Gasteiger partial charge in [-0.25, -0.2) is 9.78 Å². The van der Waals surface area contributed by atoms with Crippen LogP contribution >= 0.6 is 22.9 Å². The molecule has 0 radical (unpaired) electrons. The van der Waals surface area contributed by atoms with Gasteiger partial charge in [0.15, 0.2) is 5.75 Å². The molecule has 2 rings (SSSR count). The number of aryl methyl sites for hydroxylation is 2. The van der Waals surface area contributed by atoms with Gasteiger partial charge < -0.3 is 15.4 Å². The third-order valence-corrected chi connectivity index (χ3v) is 4.06. The first-order valence-electron chi connectivity index (χ1n) is 6.31. The number of anilines is 1. The average Bonchev–Trinajstić information content (AvgIpc) is 2.75. The number of carbonyl (C=O) groups excluding carboxylic acids is 1. The molecule has 0 saturated heterocycles. The number of aromatic nitrogens is 1. The van der Waals surface area contributed by atoms with Crippen LogP contribution < -0.4 is 15.4 Å². The Balaban J connectivity index is 1.99. The molecular weight excluding hydrogens is 310 g/mol. The van der Waals surface area contributed by atoms with Crippen LogP contribution in [0.1, 0.15) is 15.6 Å². The van der Waals surface area contributed by atoms with Crippen molar-refractivity contribution in [3.63, 3.8) is 0 Å². The predicted octanol–water partition coefficient (Wildman–Crippen LogP) is 3.74. The molecule has 0 saturated carbocycles. The van der Waals surface area contributed by atoms with E-state index in [1.165, 1.54) is 7.11 Å². The highest BCUT2D eigenvalue weighted by Crippen LogP contribution is 2.32. The predicted molar refractivity (Wildman–Crippen MR) is 85.5 cm³/mol. The van der Waals surface area contributed by atoms with Crippen LogP contribution in [0.25, 0.3) is 0 Å². The van der Waals surface area contributed by atoms with E-state index in [0.717, 1.165) is 15.6 Å². The van der Waals surface area contributed by atoms with Crippen molar-refractivity contribution >= 4 is 34.7 Å². The van der Waals surface area contributed by atoms with E-state index in [9.17, 15) is 4.79 Å². The summed E-state index contributed by atoms with van der Waals surface area (Å²) in [4.78, 5) is 17.4. The lowest BCUT2D eigenvalue weighted by molar-refractivity contribution is 0.251. The van der Waals surface area contributed by atoms with Crippen molar-refractivity contribution in [3.05, 3.63) is 38.8 Å². The summed E-state index contributed by atoms with van der Waals surface area (Å²) in [6.45, 7) is 4.31. The highest BCUT2D eigenvalue weighted by atomic mass is 35.5. The molecule has 1 heterocycles. The summed E-state index contributed by atoms with van der Waals surface area (Å²) in [7, 11) is 1.51. The summed E-state index contributed by atoms with van der Waals surface area (Å²) in [5.74, 6) is 0.440. The molecule has 2 N–H and O–H groups in total. The molecule has 1 aromatic heterocycles. The number of amides is 2. The summed E-state index contributed by atoms with van der Waals surface area (Å²) in [5.41, 5.74) is 1.40. The fourth-order valence-corrected chi connectivity index (χ4v) is 2.97. The zero-order valence-corrected chi connectivity index (χ0v) is 13.6. The normalized spacial score (nSPS) is 10.3. The van der Waals surface area contributed by atoms with Crippen molar-refractivity contribution in [3.8, 4) is 5.75 Å². The van der Waals surface area contributed by atoms with Gasteiger partial charge in [-0.1, -0.05) is 17.7 Å². The van der Waals surface area contributed by atoms with Gasteiger partial charge in [-0.3, -0.25) is 0 Å². The van der Waals surface area contributed by atoms with Crippen molar-refractivity contribution in [1.82, 2.24) is 10.3 Å². The highest BCUT2D eigenvalue weighted by molar-refractivity contribution is 7.11. The number of rotatable bonds is 4. The number of urea groups is 1. The van der Waals surface area contributed by atoms with Gasteiger partial charge in [0.05, 0.1) is 35.1 Å². The summed E-state index contributed by atoms with van der Waals surface area (Å²) in [6.07, 6.45) is 0. The Labute approximate surface area is 132 Å². The number of hydrogen-bond acceptors (Lipinski definition) is 4. The third-order valence-electron chi connectivity index (χ3n) is 2.84. The summed E-state index contributed by atoms with van der Waals surface area (Å²) >= 11 is 7.62. The van der Waals surface area contributed by atoms with Crippen LogP contribution in [0, 0.1) is 13.8 Å². The smallest absolute Gasteiger partial charge is 0.319 e. The first-order valence-corrected chi connectivity index (χ1v) is 7.51. The second-order valence-corrected chi connectivity index (χ2v) is 6.18. The van der Waals surface area contributed by atoms with E-state index in [4.69, 9.17) is 16.3 Å². The maximum atomic E-state index is 11.9. The van der Waals surface area contributed by atoms with E-state index < -0.39 is 0 Å². The van der Waals surface area contributed by atoms with E-state index in [1.54, 1.807) is 29.5 Å². The number of ether oxygens (including phenoxy) is 1. The minimum Gasteiger partial charge on any atom is -0.493 e. The Morgan fingerprint density at radius 3 is 2.81 bits per heavy atom. The number of para-hydroxylation sites is 1. The van der Waals surface area contributed by atoms with Gasteiger partial charge in [0, 0.05) is 4.88 Å². The number of benzene rings is 1. The molecule has 0 bridgehead atoms. The number of nitrogens with one attached hydrogen (secondary N) is 2. The molecule has 0 fully saturated rings. The van der Waals surface area contributed by atoms with Crippen LogP contribution in [0.15, 0.2) is 18.2 Å². The number of halogens is 1. The minimum atomic E-state index is -0.333. The van der Waals surface area contributed by atoms with Crippen molar-refractivity contribution in [2.75, 3.05) is 12.4 Å². The van der Waals surface area contributed by atoms with Crippen molar-refractivity contribution in [1.29, 1.82) is 0 Å². The number of nitrogens with zero attached hydrogens (tertiary/aromatic N) is 1. The van der Waals surface area contributed by atoms with E-state index in [1.807, 2.05) is 13.8 Å². The van der Waals surface area contributed by atoms with E-state index >= 15 is 0 Å². The average molecular weight is 326 g/mol. The van der Waals surface area contributed by atoms with Crippen LogP contribution in [-0.2, 0) is 6.54 Å². The third kappa shape index (κ3) is 3.86. The SMILES string of the molecule is COc1c(Cl)cccc1NC(=O)NCc1nc(C)sc1C. The molecule has 0 atom stereocenters. The maximum absolute atomic E-state index is 11.9. The number of thiazole rings is 1. The van der Waals surface area contributed by atoms with Crippen LogP contribution in [0.4, 0.5) is 10.5 Å². The van der Waals surface area contributed by atoms with Crippen LogP contribution in [-0.4, -0.2) is 18.1 Å². The quantitative estimate of drug-likeness (QED) is 0.900. The number of hydrogen-bond donors (Lipinski definition) is 2. The Morgan fingerprint density at radius 2 is 2.19 bits per heavy atom. The number of carbonyl (C=O) groups is 1. The fourth-order valence-electron chi connectivity index (χ4n) is 1.88. The topological polar surface area (TPSA) is 63.2 Å². The summed E-state index contributed by atoms with van der Waals surface area (Å²) < 4.78 is 5.18. The van der Waals surface area contributed by atoms with Gasteiger partial charge >= 0.3 is 6.03 Å². The van der Waals surface area contributed by atoms with Crippen LogP contribution in [0.5, 0.6) is 5.75 Å². The van der Waals surface area contributed by atoms with Gasteiger partial charge in [0.1, 0.15) is 0 Å². The fraction of sp³-hybridized carbons (Fsp3) is 0.286. The maximum Gasteiger partial charge on any atom is 0.319 e. The molecule has 0 aliphatic carbocycles. The Bertz CT molecular complexity index is 658. The van der Waals surface area contributed by atoms with Gasteiger partial charge in [-0.15, -0.1) is 11.3 Å². The zero-order valence-electron chi connectivity index (χ0n) is 12.0. The first-order chi connectivity index (χ1) is 10.0. The standard InChI is InChI=1S/C14H16ClN3O2S/c1-8-12(17-9(2)21-8)7-16-14(19)18-11-6-4-5-10(15)13(11)20-3/h4-6H,7H2,1-3H3,(H2,16,18,19). The van der Waals surface area contributed by atoms with Crippen LogP contribution in [0.3, 0.4) is 0 Å². The van der Waals surface area contributed by atoms with E-state index in [-0.39, 0.29) is 6.03 Å². The summed E-state index contributed by atoms with van der Waals surface area (Å²) in [5, 5.41) is 6.92. The molecule has 1 aromatic carbocycles. The summed E-state index contributed by atoms with van der Waals surface area (Å²) in [6, 6.07) is 4.84.